The maximum atomic E-state index is 11.3. The van der Waals surface area contributed by atoms with Gasteiger partial charge in [-0.25, -0.2) is 0 Å². The van der Waals surface area contributed by atoms with Gasteiger partial charge in [0.25, 0.3) is 0 Å². The van der Waals surface area contributed by atoms with Gasteiger partial charge in [-0.2, -0.15) is 0 Å². The summed E-state index contributed by atoms with van der Waals surface area (Å²) in [6, 6.07) is 0. The van der Waals surface area contributed by atoms with Gasteiger partial charge < -0.3 is 0 Å². The summed E-state index contributed by atoms with van der Waals surface area (Å²) in [5, 5.41) is 0. The van der Waals surface area contributed by atoms with E-state index in [1.54, 1.807) is 0 Å². The fourth-order valence-corrected chi connectivity index (χ4v) is 3.03. The van der Waals surface area contributed by atoms with Crippen LogP contribution in [0.1, 0.15) is 51.9 Å². The second-order valence-corrected chi connectivity index (χ2v) is 4.87. The van der Waals surface area contributed by atoms with Crippen molar-refractivity contribution in [3.63, 3.8) is 0 Å². The highest BCUT2D eigenvalue weighted by Crippen LogP contribution is 2.49. The van der Waals surface area contributed by atoms with Crippen LogP contribution in [0.3, 0.4) is 0 Å². The van der Waals surface area contributed by atoms with E-state index in [-0.39, 0.29) is 0 Å². The molecule has 2 rings (SSSR count). The van der Waals surface area contributed by atoms with Crippen LogP contribution in [-0.2, 0) is 4.79 Å². The van der Waals surface area contributed by atoms with Crippen LogP contribution in [0.5, 0.6) is 0 Å². The van der Waals surface area contributed by atoms with E-state index in [0.29, 0.717) is 11.2 Å². The normalized spacial score (nSPS) is 42.4. The fraction of sp³-hybridized carbons (Fsp3) is 0.909. The third kappa shape index (κ3) is 1.30. The summed E-state index contributed by atoms with van der Waals surface area (Å²) in [5.74, 6) is 1.25. The maximum absolute atomic E-state index is 11.3. The topological polar surface area (TPSA) is 17.1 Å². The van der Waals surface area contributed by atoms with Gasteiger partial charge in [0.05, 0.1) is 0 Å². The summed E-state index contributed by atoms with van der Waals surface area (Å²) in [7, 11) is 0. The van der Waals surface area contributed by atoms with Crippen LogP contribution in [0.25, 0.3) is 0 Å². The Balaban J connectivity index is 2.15. The van der Waals surface area contributed by atoms with E-state index in [9.17, 15) is 4.79 Å². The van der Waals surface area contributed by atoms with Crippen molar-refractivity contribution in [2.45, 2.75) is 51.9 Å². The Morgan fingerprint density at radius 1 is 1.33 bits per heavy atom. The van der Waals surface area contributed by atoms with Crippen LogP contribution in [0.4, 0.5) is 0 Å². The van der Waals surface area contributed by atoms with Crippen molar-refractivity contribution in [1.82, 2.24) is 0 Å². The Morgan fingerprint density at radius 3 is 3.00 bits per heavy atom. The smallest absolute Gasteiger partial charge is 0.133 e. The molecule has 2 fully saturated rings. The molecule has 2 atom stereocenters. The Hall–Kier alpha value is -0.330. The van der Waals surface area contributed by atoms with Crippen molar-refractivity contribution >= 4 is 5.78 Å². The molecule has 1 heteroatoms. The minimum atomic E-state index is 0.396. The van der Waals surface area contributed by atoms with Crippen molar-refractivity contribution < 1.29 is 4.79 Å². The predicted octanol–water partition coefficient (Wildman–Crippen LogP) is 2.94. The van der Waals surface area contributed by atoms with Gasteiger partial charge in [-0.05, 0) is 24.2 Å². The molecular formula is C11H18O. The van der Waals surface area contributed by atoms with E-state index in [1.807, 2.05) is 0 Å². The van der Waals surface area contributed by atoms with Gasteiger partial charge in [0.15, 0.2) is 0 Å². The Morgan fingerprint density at radius 2 is 2.17 bits per heavy atom. The van der Waals surface area contributed by atoms with E-state index >= 15 is 0 Å². The molecule has 2 aliphatic rings. The largest absolute Gasteiger partial charge is 0.300 e. The van der Waals surface area contributed by atoms with Gasteiger partial charge in [0.2, 0.25) is 0 Å². The maximum Gasteiger partial charge on any atom is 0.133 e. The van der Waals surface area contributed by atoms with Crippen molar-refractivity contribution in [2.75, 3.05) is 0 Å². The molecule has 12 heavy (non-hydrogen) atoms. The third-order valence-corrected chi connectivity index (χ3v) is 3.86. The molecule has 1 nitrogen and oxygen atoms in total. The van der Waals surface area contributed by atoms with Crippen molar-refractivity contribution in [1.29, 1.82) is 0 Å². The SMILES string of the molecule is C[C@@]12CCCCC[C@H]1CC(=O)C2. The highest BCUT2D eigenvalue weighted by atomic mass is 16.1. The lowest BCUT2D eigenvalue weighted by Gasteiger charge is -2.28. The van der Waals surface area contributed by atoms with Gasteiger partial charge in [0, 0.05) is 12.8 Å². The minimum absolute atomic E-state index is 0.396. The first-order chi connectivity index (χ1) is 5.71. The van der Waals surface area contributed by atoms with E-state index in [2.05, 4.69) is 6.92 Å². The number of ketones is 1. The van der Waals surface area contributed by atoms with Crippen LogP contribution in [0.15, 0.2) is 0 Å². The average Bonchev–Trinajstić information content (AvgIpc) is 2.14. The monoisotopic (exact) mass is 166 g/mol. The second kappa shape index (κ2) is 2.86. The molecule has 2 saturated carbocycles. The Bertz CT molecular complexity index is 197. The molecule has 0 saturated heterocycles. The molecule has 2 aliphatic carbocycles. The third-order valence-electron chi connectivity index (χ3n) is 3.86. The second-order valence-electron chi connectivity index (χ2n) is 4.87. The lowest BCUT2D eigenvalue weighted by Crippen LogP contribution is -2.19. The molecule has 0 aliphatic heterocycles. The molecule has 0 heterocycles. The number of rotatable bonds is 0. The summed E-state index contributed by atoms with van der Waals surface area (Å²) in [6.07, 6.45) is 8.45. The minimum Gasteiger partial charge on any atom is -0.300 e. The van der Waals surface area contributed by atoms with Gasteiger partial charge in [0.1, 0.15) is 5.78 Å². The lowest BCUT2D eigenvalue weighted by molar-refractivity contribution is -0.118. The van der Waals surface area contributed by atoms with Gasteiger partial charge in [-0.3, -0.25) is 4.79 Å². The zero-order chi connectivity index (χ0) is 8.60. The molecule has 0 aromatic rings. The number of carbonyl (C=O) groups is 1. The highest BCUT2D eigenvalue weighted by molar-refractivity contribution is 5.81. The number of hydrogen-bond acceptors (Lipinski definition) is 1. The highest BCUT2D eigenvalue weighted by Gasteiger charge is 2.42. The van der Waals surface area contributed by atoms with Crippen molar-refractivity contribution in [3.05, 3.63) is 0 Å². The Labute approximate surface area is 74.5 Å². The van der Waals surface area contributed by atoms with Crippen LogP contribution in [-0.4, -0.2) is 5.78 Å². The number of fused-ring (bicyclic) bond motifs is 1. The lowest BCUT2D eigenvalue weighted by atomic mass is 9.76. The first-order valence-electron chi connectivity index (χ1n) is 5.22. The Kier molecular flexibility index (Phi) is 1.97. The number of carbonyl (C=O) groups excluding carboxylic acids is 1. The average molecular weight is 166 g/mol. The van der Waals surface area contributed by atoms with E-state index in [0.717, 1.165) is 18.8 Å². The number of hydrogen-bond donors (Lipinski definition) is 0. The molecule has 0 amide bonds. The molecule has 0 aromatic carbocycles. The standard InChI is InChI=1S/C11H18O/c1-11-6-4-2-3-5-9(11)7-10(12)8-11/h9H,2-8H2,1H3/t9-,11-/m0/s1. The molecular weight excluding hydrogens is 148 g/mol. The quantitative estimate of drug-likeness (QED) is 0.540. The number of Topliss-reactive ketones (excluding diaryl/α,β-unsaturated/α-hetero) is 1. The van der Waals surface area contributed by atoms with Crippen molar-refractivity contribution in [3.8, 4) is 0 Å². The van der Waals surface area contributed by atoms with Gasteiger partial charge >= 0.3 is 0 Å². The summed E-state index contributed by atoms with van der Waals surface area (Å²) in [6.45, 7) is 2.33. The molecule has 0 radical (unpaired) electrons. The fourth-order valence-electron chi connectivity index (χ4n) is 3.03. The van der Waals surface area contributed by atoms with Crippen molar-refractivity contribution in [2.24, 2.45) is 11.3 Å². The van der Waals surface area contributed by atoms with Crippen LogP contribution >= 0.6 is 0 Å². The molecule has 68 valence electrons. The molecule has 0 N–H and O–H groups in total. The summed E-state index contributed by atoms with van der Waals surface area (Å²) in [4.78, 5) is 11.3. The first-order valence-corrected chi connectivity index (χ1v) is 5.22. The molecule has 0 bridgehead atoms. The zero-order valence-electron chi connectivity index (χ0n) is 7.94. The van der Waals surface area contributed by atoms with Crippen LogP contribution in [0, 0.1) is 11.3 Å². The molecule has 0 aromatic heterocycles. The van der Waals surface area contributed by atoms with Crippen LogP contribution < -0.4 is 0 Å². The van der Waals surface area contributed by atoms with Gasteiger partial charge in [-0.1, -0.05) is 26.2 Å². The zero-order valence-corrected chi connectivity index (χ0v) is 7.94. The summed E-state index contributed by atoms with van der Waals surface area (Å²) >= 11 is 0. The van der Waals surface area contributed by atoms with E-state index < -0.39 is 0 Å². The molecule has 0 unspecified atom stereocenters. The predicted molar refractivity (Wildman–Crippen MR) is 48.9 cm³/mol. The van der Waals surface area contributed by atoms with Gasteiger partial charge in [-0.15, -0.1) is 0 Å². The van der Waals surface area contributed by atoms with Crippen LogP contribution in [0.2, 0.25) is 0 Å². The summed E-state index contributed by atoms with van der Waals surface area (Å²) in [5.41, 5.74) is 0.396. The van der Waals surface area contributed by atoms with E-state index in [4.69, 9.17) is 0 Å². The summed E-state index contributed by atoms with van der Waals surface area (Å²) < 4.78 is 0. The molecule has 0 spiro atoms. The van der Waals surface area contributed by atoms with E-state index in [1.165, 1.54) is 32.1 Å². The first kappa shape index (κ1) is 8.28.